The van der Waals surface area contributed by atoms with Crippen molar-refractivity contribution in [2.45, 2.75) is 38.1 Å². The summed E-state index contributed by atoms with van der Waals surface area (Å²) < 4.78 is 36.3. The molecule has 1 amide bonds. The third kappa shape index (κ3) is 5.66. The lowest BCUT2D eigenvalue weighted by molar-refractivity contribution is 0.0926. The van der Waals surface area contributed by atoms with E-state index >= 15 is 0 Å². The summed E-state index contributed by atoms with van der Waals surface area (Å²) in [6, 6.07) is 11.6. The summed E-state index contributed by atoms with van der Waals surface area (Å²) in [5.41, 5.74) is 1.15. The van der Waals surface area contributed by atoms with Crippen LogP contribution in [0.1, 0.15) is 49.2 Å². The van der Waals surface area contributed by atoms with E-state index in [0.29, 0.717) is 12.0 Å². The molecule has 26 heavy (non-hydrogen) atoms. The van der Waals surface area contributed by atoms with Gasteiger partial charge < -0.3 is 5.32 Å². The number of nitrogens with one attached hydrogen (secondary N) is 1. The number of benzene rings is 2. The minimum Gasteiger partial charge on any atom is -0.345 e. The second kappa shape index (κ2) is 7.58. The summed E-state index contributed by atoms with van der Waals surface area (Å²) in [7, 11) is -3.31. The molecule has 1 atom stereocenters. The Labute approximate surface area is 154 Å². The lowest BCUT2D eigenvalue weighted by Gasteiger charge is -2.27. The Hall–Kier alpha value is -2.21. The van der Waals surface area contributed by atoms with E-state index in [1.165, 1.54) is 36.4 Å². The zero-order valence-corrected chi connectivity index (χ0v) is 16.2. The molecule has 0 saturated heterocycles. The normalized spacial score (nSPS) is 13.3. The average Bonchev–Trinajstić information content (AvgIpc) is 2.53. The molecule has 0 heterocycles. The van der Waals surface area contributed by atoms with Crippen molar-refractivity contribution >= 4 is 15.7 Å². The Kier molecular flexibility index (Phi) is 5.86. The molecule has 0 aliphatic heterocycles. The second-order valence-electron chi connectivity index (χ2n) is 7.64. The molecule has 0 radical (unpaired) electrons. The molecule has 0 fully saturated rings. The van der Waals surface area contributed by atoms with Gasteiger partial charge in [-0.1, -0.05) is 32.9 Å². The molecule has 0 aliphatic carbocycles. The third-order valence-corrected chi connectivity index (χ3v) is 5.07. The molecule has 6 heteroatoms. The van der Waals surface area contributed by atoms with E-state index in [1.807, 2.05) is 0 Å². The van der Waals surface area contributed by atoms with E-state index in [1.54, 1.807) is 12.1 Å². The monoisotopic (exact) mass is 377 g/mol. The van der Waals surface area contributed by atoms with E-state index in [9.17, 15) is 17.6 Å². The highest BCUT2D eigenvalue weighted by Gasteiger charge is 2.22. The van der Waals surface area contributed by atoms with E-state index in [2.05, 4.69) is 26.1 Å². The van der Waals surface area contributed by atoms with Crippen LogP contribution in [0.4, 0.5) is 4.39 Å². The van der Waals surface area contributed by atoms with Crippen molar-refractivity contribution in [1.29, 1.82) is 0 Å². The Bertz CT molecular complexity index is 867. The Morgan fingerprint density at radius 2 is 1.58 bits per heavy atom. The molecule has 140 valence electrons. The van der Waals surface area contributed by atoms with Gasteiger partial charge in [-0.15, -0.1) is 0 Å². The number of amides is 1. The first-order valence-corrected chi connectivity index (χ1v) is 10.2. The quantitative estimate of drug-likeness (QED) is 0.852. The fourth-order valence-corrected chi connectivity index (χ4v) is 3.29. The fourth-order valence-electron chi connectivity index (χ4n) is 2.65. The van der Waals surface area contributed by atoms with Crippen molar-refractivity contribution in [3.8, 4) is 0 Å². The van der Waals surface area contributed by atoms with Gasteiger partial charge in [0.15, 0.2) is 9.84 Å². The molecule has 1 N–H and O–H groups in total. The van der Waals surface area contributed by atoms with Crippen LogP contribution in [-0.4, -0.2) is 20.6 Å². The zero-order valence-electron chi connectivity index (χ0n) is 15.4. The van der Waals surface area contributed by atoms with Crippen molar-refractivity contribution in [1.82, 2.24) is 5.32 Å². The summed E-state index contributed by atoms with van der Waals surface area (Å²) in [6.45, 7) is 6.20. The average molecular weight is 377 g/mol. The van der Waals surface area contributed by atoms with Crippen LogP contribution in [0.2, 0.25) is 0 Å². The molecule has 0 aromatic heterocycles. The summed E-state index contributed by atoms with van der Waals surface area (Å²) in [5.74, 6) is -0.630. The molecule has 0 spiro atoms. The smallest absolute Gasteiger partial charge is 0.251 e. The maximum atomic E-state index is 13.2. The molecular formula is C20H24FNO3S. The summed E-state index contributed by atoms with van der Waals surface area (Å²) in [5, 5.41) is 2.97. The minimum absolute atomic E-state index is 0.0491. The van der Waals surface area contributed by atoms with E-state index in [4.69, 9.17) is 0 Å². The number of hydrogen-bond acceptors (Lipinski definition) is 3. The molecule has 0 unspecified atom stereocenters. The van der Waals surface area contributed by atoms with Gasteiger partial charge in [0, 0.05) is 11.8 Å². The van der Waals surface area contributed by atoms with Crippen LogP contribution in [-0.2, 0) is 9.84 Å². The lowest BCUT2D eigenvalue weighted by atomic mass is 9.85. The maximum absolute atomic E-state index is 13.2. The second-order valence-corrected chi connectivity index (χ2v) is 9.65. The number of halogens is 1. The van der Waals surface area contributed by atoms with Crippen LogP contribution in [0.5, 0.6) is 0 Å². The van der Waals surface area contributed by atoms with Crippen molar-refractivity contribution in [2.75, 3.05) is 6.26 Å². The first kappa shape index (κ1) is 20.1. The third-order valence-electron chi connectivity index (χ3n) is 3.94. The van der Waals surface area contributed by atoms with Gasteiger partial charge >= 0.3 is 0 Å². The predicted molar refractivity (Wildman–Crippen MR) is 100 cm³/mol. The van der Waals surface area contributed by atoms with E-state index in [-0.39, 0.29) is 28.1 Å². The molecule has 0 saturated carbocycles. The topological polar surface area (TPSA) is 63.2 Å². The Morgan fingerprint density at radius 3 is 2.04 bits per heavy atom. The van der Waals surface area contributed by atoms with Gasteiger partial charge in [-0.25, -0.2) is 12.8 Å². The van der Waals surface area contributed by atoms with Crippen LogP contribution >= 0.6 is 0 Å². The van der Waals surface area contributed by atoms with Crippen LogP contribution < -0.4 is 5.32 Å². The van der Waals surface area contributed by atoms with Crippen LogP contribution in [0, 0.1) is 11.2 Å². The maximum Gasteiger partial charge on any atom is 0.251 e. The summed E-state index contributed by atoms with van der Waals surface area (Å²) in [4.78, 5) is 12.8. The van der Waals surface area contributed by atoms with E-state index in [0.717, 1.165) is 11.8 Å². The van der Waals surface area contributed by atoms with Crippen molar-refractivity contribution < 1.29 is 17.6 Å². The highest BCUT2D eigenvalue weighted by atomic mass is 32.2. The number of hydrogen-bond donors (Lipinski definition) is 1. The summed E-state index contributed by atoms with van der Waals surface area (Å²) in [6.07, 6.45) is 1.79. The Balaban J connectivity index is 2.24. The standard InChI is InChI=1S/C20H24FNO3S/c1-20(2,3)13-18(14-5-9-16(21)10-6-14)22-19(23)15-7-11-17(12-8-15)26(4,24)25/h5-12,18H,13H2,1-4H3,(H,22,23)/t18-/m0/s1. The predicted octanol–water partition coefficient (Wildman–Crippen LogP) is 4.14. The van der Waals surface area contributed by atoms with Gasteiger partial charge in [0.05, 0.1) is 10.9 Å². The minimum atomic E-state index is -3.31. The van der Waals surface area contributed by atoms with Crippen LogP contribution in [0.25, 0.3) is 0 Å². The van der Waals surface area contributed by atoms with Gasteiger partial charge in [-0.2, -0.15) is 0 Å². The number of carbonyl (C=O) groups is 1. The fraction of sp³-hybridized carbons (Fsp3) is 0.350. The highest BCUT2D eigenvalue weighted by molar-refractivity contribution is 7.90. The molecule has 4 nitrogen and oxygen atoms in total. The first-order valence-electron chi connectivity index (χ1n) is 8.32. The number of sulfone groups is 1. The largest absolute Gasteiger partial charge is 0.345 e. The van der Waals surface area contributed by atoms with Crippen molar-refractivity contribution in [3.63, 3.8) is 0 Å². The molecule has 0 aliphatic rings. The highest BCUT2D eigenvalue weighted by Crippen LogP contribution is 2.30. The zero-order chi connectivity index (χ0) is 19.5. The van der Waals surface area contributed by atoms with Gasteiger partial charge in [0.2, 0.25) is 0 Å². The summed E-state index contributed by atoms with van der Waals surface area (Å²) >= 11 is 0. The first-order chi connectivity index (χ1) is 12.0. The van der Waals surface area contributed by atoms with Crippen LogP contribution in [0.15, 0.2) is 53.4 Å². The van der Waals surface area contributed by atoms with Crippen LogP contribution in [0.3, 0.4) is 0 Å². The molecule has 2 aromatic rings. The van der Waals surface area contributed by atoms with Gasteiger partial charge in [0.1, 0.15) is 5.82 Å². The van der Waals surface area contributed by atoms with E-state index < -0.39 is 9.84 Å². The number of rotatable bonds is 5. The van der Waals surface area contributed by atoms with Crippen molar-refractivity contribution in [3.05, 3.63) is 65.5 Å². The molecular weight excluding hydrogens is 353 g/mol. The molecule has 2 rings (SSSR count). The SMILES string of the molecule is CC(C)(C)C[C@H](NC(=O)c1ccc(S(C)(=O)=O)cc1)c1ccc(F)cc1. The van der Waals surface area contributed by atoms with Gasteiger partial charge in [0.25, 0.3) is 5.91 Å². The molecule has 2 aromatic carbocycles. The Morgan fingerprint density at radius 1 is 1.04 bits per heavy atom. The van der Waals surface area contributed by atoms with Crippen molar-refractivity contribution in [2.24, 2.45) is 5.41 Å². The number of carbonyl (C=O) groups excluding carboxylic acids is 1. The van der Waals surface area contributed by atoms with Gasteiger partial charge in [-0.05, 0) is 53.8 Å². The molecule has 0 bridgehead atoms. The van der Waals surface area contributed by atoms with Gasteiger partial charge in [-0.3, -0.25) is 4.79 Å². The lowest BCUT2D eigenvalue weighted by Crippen LogP contribution is -2.31.